The molecule has 0 bridgehead atoms. The molecule has 2 aromatic rings. The fourth-order valence-corrected chi connectivity index (χ4v) is 2.91. The Labute approximate surface area is 117 Å². The number of fused-ring (bicyclic) bond motifs is 1. The zero-order valence-corrected chi connectivity index (χ0v) is 11.6. The maximum absolute atomic E-state index is 12.1. The van der Waals surface area contributed by atoms with Crippen LogP contribution in [0.15, 0.2) is 29.2 Å². The van der Waals surface area contributed by atoms with Crippen molar-refractivity contribution < 1.29 is 5.11 Å². The third kappa shape index (κ3) is 2.34. The molecule has 3 heterocycles. The Morgan fingerprint density at radius 2 is 2.35 bits per heavy atom. The van der Waals surface area contributed by atoms with E-state index in [1.807, 2.05) is 19.1 Å². The van der Waals surface area contributed by atoms with E-state index < -0.39 is 0 Å². The highest BCUT2D eigenvalue weighted by atomic mass is 16.3. The number of hydrogen-bond donors (Lipinski definition) is 1. The van der Waals surface area contributed by atoms with Crippen LogP contribution in [0.2, 0.25) is 0 Å². The molecule has 0 spiro atoms. The van der Waals surface area contributed by atoms with Crippen LogP contribution in [0.3, 0.4) is 0 Å². The van der Waals surface area contributed by atoms with E-state index in [4.69, 9.17) is 0 Å². The Kier molecular flexibility index (Phi) is 3.54. The third-order valence-corrected chi connectivity index (χ3v) is 4.01. The van der Waals surface area contributed by atoms with Crippen molar-refractivity contribution in [3.8, 4) is 0 Å². The molecular weight excluding hydrogens is 254 g/mol. The van der Waals surface area contributed by atoms with Gasteiger partial charge in [-0.2, -0.15) is 0 Å². The molecule has 0 saturated carbocycles. The molecule has 0 radical (unpaired) electrons. The predicted molar refractivity (Wildman–Crippen MR) is 76.7 cm³/mol. The van der Waals surface area contributed by atoms with Crippen molar-refractivity contribution in [3.05, 3.63) is 46.0 Å². The molecule has 5 nitrogen and oxygen atoms in total. The van der Waals surface area contributed by atoms with Crippen LogP contribution in [-0.2, 0) is 6.54 Å². The van der Waals surface area contributed by atoms with Crippen molar-refractivity contribution in [2.24, 2.45) is 0 Å². The summed E-state index contributed by atoms with van der Waals surface area (Å²) < 4.78 is 1.58. The van der Waals surface area contributed by atoms with E-state index in [1.165, 1.54) is 0 Å². The van der Waals surface area contributed by atoms with Gasteiger partial charge in [-0.15, -0.1) is 0 Å². The summed E-state index contributed by atoms with van der Waals surface area (Å²) in [6, 6.07) is 5.61. The number of aliphatic hydroxyl groups is 1. The fraction of sp³-hybridized carbons (Fsp3) is 0.467. The summed E-state index contributed by atoms with van der Waals surface area (Å²) in [5, 5.41) is 9.36. The second kappa shape index (κ2) is 5.34. The summed E-state index contributed by atoms with van der Waals surface area (Å²) in [6.45, 7) is 3.72. The molecule has 2 aromatic heterocycles. The van der Waals surface area contributed by atoms with E-state index in [1.54, 1.807) is 16.7 Å². The van der Waals surface area contributed by atoms with Crippen LogP contribution in [0.1, 0.15) is 24.1 Å². The van der Waals surface area contributed by atoms with Gasteiger partial charge in [-0.1, -0.05) is 6.07 Å². The molecule has 3 rings (SSSR count). The monoisotopic (exact) mass is 273 g/mol. The molecule has 0 aliphatic carbocycles. The number of aromatic nitrogens is 2. The highest BCUT2D eigenvalue weighted by Crippen LogP contribution is 2.19. The zero-order chi connectivity index (χ0) is 14.1. The van der Waals surface area contributed by atoms with Gasteiger partial charge in [0.15, 0.2) is 0 Å². The van der Waals surface area contributed by atoms with Gasteiger partial charge in [-0.05, 0) is 37.9 Å². The van der Waals surface area contributed by atoms with E-state index in [0.717, 1.165) is 36.3 Å². The number of nitrogens with zero attached hydrogens (tertiary/aromatic N) is 3. The van der Waals surface area contributed by atoms with Gasteiger partial charge >= 0.3 is 0 Å². The summed E-state index contributed by atoms with van der Waals surface area (Å²) in [6.07, 6.45) is 3.85. The highest BCUT2D eigenvalue weighted by molar-refractivity contribution is 5.46. The van der Waals surface area contributed by atoms with Crippen molar-refractivity contribution in [2.75, 3.05) is 13.2 Å². The van der Waals surface area contributed by atoms with Crippen molar-refractivity contribution in [1.82, 2.24) is 14.3 Å². The van der Waals surface area contributed by atoms with Crippen molar-refractivity contribution in [2.45, 2.75) is 32.4 Å². The quantitative estimate of drug-likeness (QED) is 0.905. The molecule has 1 atom stereocenters. The van der Waals surface area contributed by atoms with E-state index in [0.29, 0.717) is 6.54 Å². The molecule has 1 fully saturated rings. The first kappa shape index (κ1) is 13.3. The average Bonchev–Trinajstić information content (AvgIpc) is 2.87. The third-order valence-electron chi connectivity index (χ3n) is 4.01. The Bertz CT molecular complexity index is 680. The number of rotatable bonds is 3. The molecule has 1 aliphatic heterocycles. The molecule has 5 heteroatoms. The number of pyridine rings is 1. The van der Waals surface area contributed by atoms with Crippen LogP contribution in [0.4, 0.5) is 0 Å². The first-order chi connectivity index (χ1) is 9.69. The summed E-state index contributed by atoms with van der Waals surface area (Å²) in [7, 11) is 0. The van der Waals surface area contributed by atoms with Gasteiger partial charge < -0.3 is 5.11 Å². The number of hydrogen-bond acceptors (Lipinski definition) is 4. The van der Waals surface area contributed by atoms with Crippen LogP contribution in [-0.4, -0.2) is 38.6 Å². The fourth-order valence-electron chi connectivity index (χ4n) is 2.91. The molecule has 106 valence electrons. The standard InChI is InChI=1S/C15H19N3O2/c1-11-4-2-7-18-14(20)8-12(16-15(11)18)9-17-6-3-5-13(17)10-19/h2,4,7-8,13,19H,3,5-6,9-10H2,1H3/t13-/m1/s1. The topological polar surface area (TPSA) is 57.8 Å². The Morgan fingerprint density at radius 3 is 3.15 bits per heavy atom. The molecule has 20 heavy (non-hydrogen) atoms. The van der Waals surface area contributed by atoms with E-state index in [2.05, 4.69) is 9.88 Å². The largest absolute Gasteiger partial charge is 0.395 e. The van der Waals surface area contributed by atoms with Gasteiger partial charge in [-0.25, -0.2) is 4.98 Å². The summed E-state index contributed by atoms with van der Waals surface area (Å²) in [5.41, 5.74) is 2.44. The Hall–Kier alpha value is -1.72. The van der Waals surface area contributed by atoms with Crippen molar-refractivity contribution in [1.29, 1.82) is 0 Å². The zero-order valence-electron chi connectivity index (χ0n) is 11.6. The van der Waals surface area contributed by atoms with Crippen LogP contribution >= 0.6 is 0 Å². The van der Waals surface area contributed by atoms with Gasteiger partial charge in [0.1, 0.15) is 5.65 Å². The summed E-state index contributed by atoms with van der Waals surface area (Å²) in [4.78, 5) is 18.9. The molecular formula is C15H19N3O2. The lowest BCUT2D eigenvalue weighted by Crippen LogP contribution is -2.32. The van der Waals surface area contributed by atoms with E-state index in [-0.39, 0.29) is 18.2 Å². The average molecular weight is 273 g/mol. The van der Waals surface area contributed by atoms with E-state index >= 15 is 0 Å². The Balaban J connectivity index is 1.96. The van der Waals surface area contributed by atoms with Gasteiger partial charge in [0.05, 0.1) is 12.3 Å². The minimum absolute atomic E-state index is 0.0477. The minimum atomic E-state index is -0.0477. The minimum Gasteiger partial charge on any atom is -0.395 e. The molecule has 1 aliphatic rings. The highest BCUT2D eigenvalue weighted by Gasteiger charge is 2.24. The van der Waals surface area contributed by atoms with Gasteiger partial charge in [-0.3, -0.25) is 14.1 Å². The van der Waals surface area contributed by atoms with Crippen LogP contribution in [0, 0.1) is 6.92 Å². The molecule has 0 amide bonds. The molecule has 1 N–H and O–H groups in total. The molecule has 0 aromatic carbocycles. The maximum Gasteiger partial charge on any atom is 0.258 e. The van der Waals surface area contributed by atoms with E-state index in [9.17, 15) is 9.90 Å². The van der Waals surface area contributed by atoms with Crippen LogP contribution in [0.25, 0.3) is 5.65 Å². The summed E-state index contributed by atoms with van der Waals surface area (Å²) in [5.74, 6) is 0. The SMILES string of the molecule is Cc1cccn2c(=O)cc(CN3CCC[C@@H]3CO)nc12. The second-order valence-corrected chi connectivity index (χ2v) is 5.42. The smallest absolute Gasteiger partial charge is 0.258 e. The lowest BCUT2D eigenvalue weighted by molar-refractivity contribution is 0.152. The first-order valence-corrected chi connectivity index (χ1v) is 7.02. The number of likely N-dealkylation sites (tertiary alicyclic amines) is 1. The molecule has 0 unspecified atom stereocenters. The first-order valence-electron chi connectivity index (χ1n) is 7.02. The lowest BCUT2D eigenvalue weighted by Gasteiger charge is -2.22. The lowest BCUT2D eigenvalue weighted by atomic mass is 10.2. The van der Waals surface area contributed by atoms with Gasteiger partial charge in [0, 0.05) is 24.8 Å². The van der Waals surface area contributed by atoms with Crippen molar-refractivity contribution in [3.63, 3.8) is 0 Å². The normalized spacial score (nSPS) is 19.8. The second-order valence-electron chi connectivity index (χ2n) is 5.42. The Morgan fingerprint density at radius 1 is 1.50 bits per heavy atom. The number of aliphatic hydroxyl groups excluding tert-OH is 1. The predicted octanol–water partition coefficient (Wildman–Crippen LogP) is 0.960. The van der Waals surface area contributed by atoms with Crippen LogP contribution < -0.4 is 5.56 Å². The van der Waals surface area contributed by atoms with Gasteiger partial charge in [0.2, 0.25) is 0 Å². The van der Waals surface area contributed by atoms with Crippen molar-refractivity contribution >= 4 is 5.65 Å². The maximum atomic E-state index is 12.1. The number of aryl methyl sites for hydroxylation is 1. The summed E-state index contributed by atoms with van der Waals surface area (Å²) >= 11 is 0. The van der Waals surface area contributed by atoms with Gasteiger partial charge in [0.25, 0.3) is 5.56 Å². The molecule has 1 saturated heterocycles. The van der Waals surface area contributed by atoms with Crippen LogP contribution in [0.5, 0.6) is 0 Å².